The fourth-order valence-corrected chi connectivity index (χ4v) is 2.44. The molecule has 3 heteroatoms. The van der Waals surface area contributed by atoms with E-state index in [1.54, 1.807) is 0 Å². The Labute approximate surface area is 95.5 Å². The molecule has 0 radical (unpaired) electrons. The van der Waals surface area contributed by atoms with E-state index in [0.29, 0.717) is 0 Å². The van der Waals surface area contributed by atoms with Crippen LogP contribution in [0, 0.1) is 6.92 Å². The van der Waals surface area contributed by atoms with Crippen LogP contribution in [0.25, 0.3) is 0 Å². The van der Waals surface area contributed by atoms with Crippen LogP contribution in [-0.2, 0) is 12.8 Å². The predicted octanol–water partition coefficient (Wildman–Crippen LogP) is 1.47. The Bertz CT molecular complexity index is 451. The first-order chi connectivity index (χ1) is 7.83. The maximum absolute atomic E-state index is 5.61. The van der Waals surface area contributed by atoms with Crippen LogP contribution < -0.4 is 10.1 Å². The SMILES string of the molecule is Cc1cc(CC2=NCCN2)cc2c1OCC2. The second-order valence-electron chi connectivity index (χ2n) is 4.43. The number of nitrogens with one attached hydrogen (secondary N) is 1. The summed E-state index contributed by atoms with van der Waals surface area (Å²) in [5.74, 6) is 2.23. The fourth-order valence-electron chi connectivity index (χ4n) is 2.44. The first kappa shape index (κ1) is 9.70. The Kier molecular flexibility index (Phi) is 2.31. The Morgan fingerprint density at radius 2 is 2.38 bits per heavy atom. The van der Waals surface area contributed by atoms with Crippen molar-refractivity contribution in [1.82, 2.24) is 5.32 Å². The lowest BCUT2D eigenvalue weighted by atomic mass is 10.0. The number of hydrogen-bond acceptors (Lipinski definition) is 3. The third-order valence-corrected chi connectivity index (χ3v) is 3.14. The molecule has 0 saturated heterocycles. The predicted molar refractivity (Wildman–Crippen MR) is 64.4 cm³/mol. The molecule has 0 atom stereocenters. The maximum atomic E-state index is 5.61. The molecule has 2 heterocycles. The van der Waals surface area contributed by atoms with Gasteiger partial charge in [0.1, 0.15) is 11.6 Å². The number of nitrogens with zero attached hydrogens (tertiary/aromatic N) is 1. The molecule has 0 aromatic heterocycles. The summed E-state index contributed by atoms with van der Waals surface area (Å²) in [6.45, 7) is 4.86. The maximum Gasteiger partial charge on any atom is 0.125 e. The van der Waals surface area contributed by atoms with Crippen LogP contribution in [0.15, 0.2) is 17.1 Å². The minimum atomic E-state index is 0.832. The van der Waals surface area contributed by atoms with Gasteiger partial charge in [0, 0.05) is 19.4 Å². The van der Waals surface area contributed by atoms with Crippen LogP contribution in [0.4, 0.5) is 0 Å². The first-order valence-corrected chi connectivity index (χ1v) is 5.85. The van der Waals surface area contributed by atoms with Gasteiger partial charge in [0.15, 0.2) is 0 Å². The first-order valence-electron chi connectivity index (χ1n) is 5.85. The minimum Gasteiger partial charge on any atom is -0.493 e. The number of ether oxygens (including phenoxy) is 1. The third-order valence-electron chi connectivity index (χ3n) is 3.14. The monoisotopic (exact) mass is 216 g/mol. The van der Waals surface area contributed by atoms with E-state index in [1.165, 1.54) is 16.7 Å². The van der Waals surface area contributed by atoms with Gasteiger partial charge in [0.05, 0.1) is 13.2 Å². The summed E-state index contributed by atoms with van der Waals surface area (Å²) in [4.78, 5) is 4.43. The molecule has 0 saturated carbocycles. The zero-order valence-electron chi connectivity index (χ0n) is 9.55. The van der Waals surface area contributed by atoms with Crippen LogP contribution in [0.3, 0.4) is 0 Å². The minimum absolute atomic E-state index is 0.832. The van der Waals surface area contributed by atoms with Crippen molar-refractivity contribution >= 4 is 5.84 Å². The summed E-state index contributed by atoms with van der Waals surface area (Å²) < 4.78 is 5.61. The van der Waals surface area contributed by atoms with Crippen LogP contribution in [-0.4, -0.2) is 25.5 Å². The molecule has 2 aliphatic heterocycles. The molecule has 0 fully saturated rings. The van der Waals surface area contributed by atoms with Gasteiger partial charge in [-0.2, -0.15) is 0 Å². The highest BCUT2D eigenvalue weighted by atomic mass is 16.5. The van der Waals surface area contributed by atoms with E-state index in [2.05, 4.69) is 29.4 Å². The lowest BCUT2D eigenvalue weighted by molar-refractivity contribution is 0.354. The highest BCUT2D eigenvalue weighted by molar-refractivity contribution is 5.85. The molecule has 1 N–H and O–H groups in total. The summed E-state index contributed by atoms with van der Waals surface area (Å²) in [5.41, 5.74) is 3.95. The normalized spacial score (nSPS) is 17.7. The number of benzene rings is 1. The Morgan fingerprint density at radius 1 is 1.44 bits per heavy atom. The number of hydrogen-bond donors (Lipinski definition) is 1. The number of aliphatic imine (C=N–C) groups is 1. The van der Waals surface area contributed by atoms with Gasteiger partial charge in [-0.05, 0) is 23.6 Å². The van der Waals surface area contributed by atoms with Crippen molar-refractivity contribution in [3.8, 4) is 5.75 Å². The molecule has 0 spiro atoms. The molecular weight excluding hydrogens is 200 g/mol. The molecule has 84 valence electrons. The third kappa shape index (κ3) is 1.66. The summed E-state index contributed by atoms with van der Waals surface area (Å²) in [6, 6.07) is 4.48. The zero-order chi connectivity index (χ0) is 11.0. The molecule has 0 aliphatic carbocycles. The molecule has 0 unspecified atom stereocenters. The van der Waals surface area contributed by atoms with Gasteiger partial charge in [-0.15, -0.1) is 0 Å². The van der Waals surface area contributed by atoms with Crippen molar-refractivity contribution in [2.24, 2.45) is 4.99 Å². The standard InChI is InChI=1S/C13H16N2O/c1-9-6-10(8-12-14-3-4-15-12)7-11-2-5-16-13(9)11/h6-7H,2-5,8H2,1H3,(H,14,15). The molecule has 16 heavy (non-hydrogen) atoms. The van der Waals surface area contributed by atoms with Gasteiger partial charge in [0.2, 0.25) is 0 Å². The van der Waals surface area contributed by atoms with Crippen molar-refractivity contribution in [2.45, 2.75) is 19.8 Å². The zero-order valence-corrected chi connectivity index (χ0v) is 9.55. The summed E-state index contributed by atoms with van der Waals surface area (Å²) in [6.07, 6.45) is 1.97. The van der Waals surface area contributed by atoms with Crippen molar-refractivity contribution < 1.29 is 4.74 Å². The highest BCUT2D eigenvalue weighted by Gasteiger charge is 2.16. The van der Waals surface area contributed by atoms with Crippen molar-refractivity contribution in [3.63, 3.8) is 0 Å². The largest absolute Gasteiger partial charge is 0.493 e. The highest BCUT2D eigenvalue weighted by Crippen LogP contribution is 2.30. The van der Waals surface area contributed by atoms with E-state index in [1.807, 2.05) is 0 Å². The van der Waals surface area contributed by atoms with Crippen LogP contribution in [0.1, 0.15) is 16.7 Å². The van der Waals surface area contributed by atoms with Crippen molar-refractivity contribution in [1.29, 1.82) is 0 Å². The molecule has 2 aliphatic rings. The van der Waals surface area contributed by atoms with Gasteiger partial charge in [-0.1, -0.05) is 12.1 Å². The second kappa shape index (κ2) is 3.81. The van der Waals surface area contributed by atoms with Gasteiger partial charge < -0.3 is 10.1 Å². The smallest absolute Gasteiger partial charge is 0.125 e. The van der Waals surface area contributed by atoms with E-state index < -0.39 is 0 Å². The van der Waals surface area contributed by atoms with Gasteiger partial charge in [0.25, 0.3) is 0 Å². The molecule has 3 rings (SSSR count). The van der Waals surface area contributed by atoms with Crippen LogP contribution in [0.2, 0.25) is 0 Å². The average molecular weight is 216 g/mol. The van der Waals surface area contributed by atoms with Crippen LogP contribution in [0.5, 0.6) is 5.75 Å². The summed E-state index contributed by atoms with van der Waals surface area (Å²) in [7, 11) is 0. The molecule has 3 nitrogen and oxygen atoms in total. The van der Waals surface area contributed by atoms with E-state index in [0.717, 1.165) is 44.1 Å². The molecule has 0 amide bonds. The average Bonchev–Trinajstić information content (AvgIpc) is 2.87. The second-order valence-corrected chi connectivity index (χ2v) is 4.43. The quantitative estimate of drug-likeness (QED) is 0.812. The van der Waals surface area contributed by atoms with Gasteiger partial charge >= 0.3 is 0 Å². The Balaban J connectivity index is 1.88. The van der Waals surface area contributed by atoms with Gasteiger partial charge in [-0.3, -0.25) is 4.99 Å². The lowest BCUT2D eigenvalue weighted by Crippen LogP contribution is -2.20. The number of rotatable bonds is 2. The number of aryl methyl sites for hydroxylation is 1. The van der Waals surface area contributed by atoms with E-state index in [4.69, 9.17) is 4.74 Å². The summed E-state index contributed by atoms with van der Waals surface area (Å²) >= 11 is 0. The lowest BCUT2D eigenvalue weighted by Gasteiger charge is -2.08. The van der Waals surface area contributed by atoms with E-state index in [9.17, 15) is 0 Å². The van der Waals surface area contributed by atoms with Gasteiger partial charge in [-0.25, -0.2) is 0 Å². The molecule has 1 aromatic rings. The summed E-state index contributed by atoms with van der Waals surface area (Å²) in [5, 5.41) is 3.31. The van der Waals surface area contributed by atoms with E-state index >= 15 is 0 Å². The van der Waals surface area contributed by atoms with Crippen molar-refractivity contribution in [3.05, 3.63) is 28.8 Å². The van der Waals surface area contributed by atoms with E-state index in [-0.39, 0.29) is 0 Å². The Morgan fingerprint density at radius 3 is 3.19 bits per heavy atom. The molecule has 1 aromatic carbocycles. The number of amidine groups is 1. The Hall–Kier alpha value is -1.51. The topological polar surface area (TPSA) is 33.6 Å². The molecular formula is C13H16N2O. The number of fused-ring (bicyclic) bond motifs is 1. The molecule has 0 bridgehead atoms. The fraction of sp³-hybridized carbons (Fsp3) is 0.462. The van der Waals surface area contributed by atoms with Crippen LogP contribution >= 0.6 is 0 Å². The van der Waals surface area contributed by atoms with Crippen molar-refractivity contribution in [2.75, 3.05) is 19.7 Å².